The van der Waals surface area contributed by atoms with E-state index in [1.54, 1.807) is 20.3 Å². The van der Waals surface area contributed by atoms with Crippen molar-refractivity contribution in [3.63, 3.8) is 0 Å². The molecule has 1 unspecified atom stereocenters. The molecule has 1 heterocycles. The molecule has 1 aromatic carbocycles. The quantitative estimate of drug-likeness (QED) is 0.844. The molecule has 0 aromatic heterocycles. The zero-order chi connectivity index (χ0) is 14.1. The van der Waals surface area contributed by atoms with Gasteiger partial charge < -0.3 is 18.9 Å². The summed E-state index contributed by atoms with van der Waals surface area (Å²) in [5, 5.41) is 0. The summed E-state index contributed by atoms with van der Waals surface area (Å²) in [6.07, 6.45) is 1.11. The van der Waals surface area contributed by atoms with E-state index in [9.17, 15) is 4.79 Å². The van der Waals surface area contributed by atoms with Gasteiger partial charge in [0.25, 0.3) is 0 Å². The second-order valence-corrected chi connectivity index (χ2v) is 4.98. The van der Waals surface area contributed by atoms with Gasteiger partial charge in [-0.15, -0.1) is 0 Å². The molecule has 1 aliphatic heterocycles. The summed E-state index contributed by atoms with van der Waals surface area (Å²) < 4.78 is 21.6. The van der Waals surface area contributed by atoms with Gasteiger partial charge in [-0.05, 0) is 24.5 Å². The van der Waals surface area contributed by atoms with Crippen molar-refractivity contribution in [3.05, 3.63) is 23.3 Å². The third kappa shape index (κ3) is 2.17. The Kier molecular flexibility index (Phi) is 3.63. The average molecular weight is 278 g/mol. The number of carbonyl (C=O) groups is 1. The van der Waals surface area contributed by atoms with Gasteiger partial charge in [0.05, 0.1) is 38.9 Å². The van der Waals surface area contributed by atoms with E-state index in [0.717, 1.165) is 18.4 Å². The number of aryl methyl sites for hydroxylation is 1. The maximum absolute atomic E-state index is 12.7. The highest BCUT2D eigenvalue weighted by molar-refractivity contribution is 6.03. The molecule has 1 fully saturated rings. The fourth-order valence-corrected chi connectivity index (χ4v) is 2.90. The molecule has 0 bridgehead atoms. The van der Waals surface area contributed by atoms with Crippen LogP contribution in [-0.2, 0) is 15.9 Å². The molecule has 1 aliphatic carbocycles. The summed E-state index contributed by atoms with van der Waals surface area (Å²) in [7, 11) is 3.17. The Bertz CT molecular complexity index is 502. The normalized spacial score (nSPS) is 22.7. The van der Waals surface area contributed by atoms with Crippen LogP contribution in [0.15, 0.2) is 12.1 Å². The van der Waals surface area contributed by atoms with Gasteiger partial charge in [-0.1, -0.05) is 0 Å². The molecule has 5 heteroatoms. The lowest BCUT2D eigenvalue weighted by Crippen LogP contribution is -2.33. The summed E-state index contributed by atoms with van der Waals surface area (Å²) in [6.45, 7) is 1.11. The number of fused-ring (bicyclic) bond motifs is 1. The third-order valence-electron chi connectivity index (χ3n) is 3.90. The summed E-state index contributed by atoms with van der Waals surface area (Å²) in [4.78, 5) is 12.7. The van der Waals surface area contributed by atoms with Crippen LogP contribution in [0.25, 0.3) is 0 Å². The lowest BCUT2D eigenvalue weighted by Gasteiger charge is -2.28. The molecule has 0 radical (unpaired) electrons. The zero-order valence-corrected chi connectivity index (χ0v) is 11.7. The minimum atomic E-state index is -0.414. The number of methoxy groups -OCH3 is 2. The smallest absolute Gasteiger partial charge is 0.175 e. The molecule has 108 valence electrons. The maximum atomic E-state index is 12.7. The minimum absolute atomic E-state index is 0.0395. The Hall–Kier alpha value is -1.59. The van der Waals surface area contributed by atoms with Crippen molar-refractivity contribution in [1.82, 2.24) is 0 Å². The molecule has 20 heavy (non-hydrogen) atoms. The molecule has 2 aliphatic rings. The van der Waals surface area contributed by atoms with Crippen molar-refractivity contribution >= 4 is 5.78 Å². The Morgan fingerprint density at radius 3 is 2.55 bits per heavy atom. The first-order chi connectivity index (χ1) is 9.74. The van der Waals surface area contributed by atoms with Crippen molar-refractivity contribution in [1.29, 1.82) is 0 Å². The molecule has 0 N–H and O–H groups in total. The Morgan fingerprint density at radius 1 is 1.15 bits per heavy atom. The van der Waals surface area contributed by atoms with Gasteiger partial charge in [0.15, 0.2) is 12.1 Å². The van der Waals surface area contributed by atoms with Crippen LogP contribution in [0.5, 0.6) is 11.5 Å². The summed E-state index contributed by atoms with van der Waals surface area (Å²) in [6, 6.07) is 3.65. The molecule has 0 saturated carbocycles. The van der Waals surface area contributed by atoms with E-state index in [4.69, 9.17) is 18.9 Å². The fraction of sp³-hybridized carbons (Fsp3) is 0.533. The highest BCUT2D eigenvalue weighted by Crippen LogP contribution is 2.38. The van der Waals surface area contributed by atoms with Gasteiger partial charge >= 0.3 is 0 Å². The van der Waals surface area contributed by atoms with Gasteiger partial charge in [0, 0.05) is 6.07 Å². The summed E-state index contributed by atoms with van der Waals surface area (Å²) >= 11 is 0. The molecule has 5 nitrogen and oxygen atoms in total. The van der Waals surface area contributed by atoms with E-state index in [1.807, 2.05) is 6.07 Å². The lowest BCUT2D eigenvalue weighted by molar-refractivity contribution is -0.0753. The van der Waals surface area contributed by atoms with E-state index in [0.29, 0.717) is 30.3 Å². The van der Waals surface area contributed by atoms with Crippen LogP contribution in [0.4, 0.5) is 0 Å². The van der Waals surface area contributed by atoms with Gasteiger partial charge in [0.1, 0.15) is 11.5 Å². The molecule has 1 aromatic rings. The molecular formula is C15H18O5. The minimum Gasteiger partial charge on any atom is -0.497 e. The highest BCUT2D eigenvalue weighted by atomic mass is 16.7. The van der Waals surface area contributed by atoms with E-state index in [-0.39, 0.29) is 11.7 Å². The van der Waals surface area contributed by atoms with Gasteiger partial charge in [-0.2, -0.15) is 0 Å². The van der Waals surface area contributed by atoms with Crippen LogP contribution in [0.1, 0.15) is 22.3 Å². The number of benzene rings is 1. The van der Waals surface area contributed by atoms with Crippen molar-refractivity contribution in [2.75, 3.05) is 27.4 Å². The van der Waals surface area contributed by atoms with Crippen molar-refractivity contribution in [2.24, 2.45) is 5.92 Å². The van der Waals surface area contributed by atoms with Crippen molar-refractivity contribution < 1.29 is 23.7 Å². The highest BCUT2D eigenvalue weighted by Gasteiger charge is 2.38. The monoisotopic (exact) mass is 278 g/mol. The van der Waals surface area contributed by atoms with E-state index < -0.39 is 6.29 Å². The van der Waals surface area contributed by atoms with Crippen LogP contribution in [-0.4, -0.2) is 39.5 Å². The molecule has 3 rings (SSSR count). The van der Waals surface area contributed by atoms with Crippen LogP contribution < -0.4 is 9.47 Å². The number of carbonyl (C=O) groups excluding carboxylic acids is 1. The molecule has 0 amide bonds. The number of hydrogen-bond acceptors (Lipinski definition) is 5. The van der Waals surface area contributed by atoms with Crippen LogP contribution in [0, 0.1) is 5.92 Å². The third-order valence-corrected chi connectivity index (χ3v) is 3.90. The van der Waals surface area contributed by atoms with Crippen molar-refractivity contribution in [2.45, 2.75) is 19.1 Å². The number of rotatable bonds is 3. The first-order valence-corrected chi connectivity index (χ1v) is 6.77. The van der Waals surface area contributed by atoms with Crippen LogP contribution >= 0.6 is 0 Å². The van der Waals surface area contributed by atoms with Crippen LogP contribution in [0.2, 0.25) is 0 Å². The predicted molar refractivity (Wildman–Crippen MR) is 71.4 cm³/mol. The van der Waals surface area contributed by atoms with E-state index in [1.165, 1.54) is 0 Å². The average Bonchev–Trinajstić information content (AvgIpc) is 3.00. The first kappa shape index (κ1) is 13.4. The number of hydrogen-bond donors (Lipinski definition) is 0. The number of Topliss-reactive ketones (excluding diaryl/α,β-unsaturated/α-hetero) is 1. The first-order valence-electron chi connectivity index (χ1n) is 6.77. The Morgan fingerprint density at radius 2 is 1.90 bits per heavy atom. The molecule has 1 atom stereocenters. The van der Waals surface area contributed by atoms with Gasteiger partial charge in [-0.25, -0.2) is 0 Å². The molecule has 0 spiro atoms. The zero-order valence-electron chi connectivity index (χ0n) is 11.7. The second kappa shape index (κ2) is 5.42. The Balaban J connectivity index is 1.97. The summed E-state index contributed by atoms with van der Waals surface area (Å²) in [5.41, 5.74) is 1.61. The number of ketones is 1. The maximum Gasteiger partial charge on any atom is 0.175 e. The molecular weight excluding hydrogens is 260 g/mol. The van der Waals surface area contributed by atoms with Gasteiger partial charge in [-0.3, -0.25) is 4.79 Å². The van der Waals surface area contributed by atoms with E-state index >= 15 is 0 Å². The predicted octanol–water partition coefficient (Wildman–Crippen LogP) is 1.82. The fourth-order valence-electron chi connectivity index (χ4n) is 2.90. The number of ether oxygens (including phenoxy) is 4. The van der Waals surface area contributed by atoms with Crippen LogP contribution in [0.3, 0.4) is 0 Å². The van der Waals surface area contributed by atoms with E-state index in [2.05, 4.69) is 0 Å². The lowest BCUT2D eigenvalue weighted by atomic mass is 9.81. The standard InChI is InChI=1S/C15H18O5/c1-17-10-7-9-3-4-11(15-19-5-6-20-15)14(16)13(9)12(8-10)18-2/h7-8,11,15H,3-6H2,1-2H3. The Labute approximate surface area is 117 Å². The second-order valence-electron chi connectivity index (χ2n) is 4.98. The summed E-state index contributed by atoms with van der Waals surface area (Å²) in [5.74, 6) is 1.07. The largest absolute Gasteiger partial charge is 0.497 e. The topological polar surface area (TPSA) is 54.0 Å². The van der Waals surface area contributed by atoms with Gasteiger partial charge in [0.2, 0.25) is 0 Å². The van der Waals surface area contributed by atoms with Crippen molar-refractivity contribution in [3.8, 4) is 11.5 Å². The SMILES string of the molecule is COc1cc2c(c(OC)c1)C(=O)C(C1OCCO1)CC2. The molecule has 1 saturated heterocycles.